The number of benzene rings is 2. The van der Waals surface area contributed by atoms with E-state index in [4.69, 9.17) is 16.3 Å². The summed E-state index contributed by atoms with van der Waals surface area (Å²) in [5, 5.41) is 5.12. The van der Waals surface area contributed by atoms with Crippen LogP contribution in [0.4, 0.5) is 11.5 Å². The maximum atomic E-state index is 12.6. The van der Waals surface area contributed by atoms with E-state index in [1.165, 1.54) is 6.33 Å². The SMILES string of the molecule is O=S(Cc1cccc(Nc2ncnc3cc(Cl)ccc23)c1)C1CCOCC1. The maximum absolute atomic E-state index is 12.6. The molecule has 3 aromatic rings. The van der Waals surface area contributed by atoms with E-state index in [9.17, 15) is 4.21 Å². The van der Waals surface area contributed by atoms with Crippen molar-refractivity contribution in [3.63, 3.8) is 0 Å². The van der Waals surface area contributed by atoms with Crippen LogP contribution in [0.25, 0.3) is 10.9 Å². The minimum Gasteiger partial charge on any atom is -0.381 e. The molecule has 0 spiro atoms. The van der Waals surface area contributed by atoms with Crippen LogP contribution in [-0.2, 0) is 21.3 Å². The fraction of sp³-hybridized carbons (Fsp3) is 0.300. The van der Waals surface area contributed by atoms with Gasteiger partial charge in [0.15, 0.2) is 0 Å². The van der Waals surface area contributed by atoms with Crippen LogP contribution in [0.5, 0.6) is 0 Å². The van der Waals surface area contributed by atoms with Gasteiger partial charge in [0, 0.05) is 51.1 Å². The summed E-state index contributed by atoms with van der Waals surface area (Å²) < 4.78 is 18.0. The highest BCUT2D eigenvalue weighted by atomic mass is 35.5. The zero-order valence-corrected chi connectivity index (χ0v) is 16.3. The van der Waals surface area contributed by atoms with Crippen molar-refractivity contribution in [2.24, 2.45) is 0 Å². The van der Waals surface area contributed by atoms with Gasteiger partial charge in [-0.05, 0) is 48.7 Å². The lowest BCUT2D eigenvalue weighted by atomic mass is 10.2. The van der Waals surface area contributed by atoms with Crippen LogP contribution in [0.3, 0.4) is 0 Å². The van der Waals surface area contributed by atoms with Gasteiger partial charge in [0.1, 0.15) is 12.1 Å². The molecule has 0 amide bonds. The Bertz CT molecular complexity index is 976. The van der Waals surface area contributed by atoms with E-state index in [-0.39, 0.29) is 5.25 Å². The third-order valence-corrected chi connectivity index (χ3v) is 6.71. The normalized spacial score (nSPS) is 16.3. The monoisotopic (exact) mass is 401 g/mol. The molecule has 0 bridgehead atoms. The summed E-state index contributed by atoms with van der Waals surface area (Å²) in [6.45, 7) is 1.42. The van der Waals surface area contributed by atoms with Gasteiger partial charge in [0.2, 0.25) is 0 Å². The maximum Gasteiger partial charge on any atom is 0.141 e. The first-order valence-corrected chi connectivity index (χ1v) is 10.7. The van der Waals surface area contributed by atoms with Gasteiger partial charge in [-0.15, -0.1) is 0 Å². The molecule has 1 saturated heterocycles. The highest BCUT2D eigenvalue weighted by Gasteiger charge is 2.20. The predicted molar refractivity (Wildman–Crippen MR) is 110 cm³/mol. The number of anilines is 2. The molecule has 7 heteroatoms. The smallest absolute Gasteiger partial charge is 0.141 e. The van der Waals surface area contributed by atoms with Crippen LogP contribution in [0.1, 0.15) is 18.4 Å². The van der Waals surface area contributed by atoms with Crippen LogP contribution in [0, 0.1) is 0 Å². The quantitative estimate of drug-likeness (QED) is 0.684. The van der Waals surface area contributed by atoms with Gasteiger partial charge < -0.3 is 10.1 Å². The van der Waals surface area contributed by atoms with Gasteiger partial charge in [-0.1, -0.05) is 23.7 Å². The van der Waals surface area contributed by atoms with Crippen molar-refractivity contribution in [2.75, 3.05) is 18.5 Å². The zero-order valence-electron chi connectivity index (χ0n) is 14.7. The van der Waals surface area contributed by atoms with Crippen LogP contribution >= 0.6 is 11.6 Å². The molecule has 1 aliphatic heterocycles. The average molecular weight is 402 g/mol. The Morgan fingerprint density at radius 1 is 1.15 bits per heavy atom. The molecular formula is C20H20ClN3O2S. The average Bonchev–Trinajstić information content (AvgIpc) is 2.69. The van der Waals surface area contributed by atoms with Crippen LogP contribution in [0.15, 0.2) is 48.8 Å². The molecule has 0 saturated carbocycles. The fourth-order valence-electron chi connectivity index (χ4n) is 3.23. The Morgan fingerprint density at radius 2 is 2.00 bits per heavy atom. The summed E-state index contributed by atoms with van der Waals surface area (Å²) in [4.78, 5) is 8.62. The van der Waals surface area contributed by atoms with E-state index in [2.05, 4.69) is 15.3 Å². The molecular weight excluding hydrogens is 382 g/mol. The van der Waals surface area contributed by atoms with Crippen molar-refractivity contribution in [2.45, 2.75) is 23.8 Å². The molecule has 2 aromatic carbocycles. The van der Waals surface area contributed by atoms with E-state index >= 15 is 0 Å². The second-order valence-corrected chi connectivity index (χ2v) is 8.70. The first kappa shape index (κ1) is 18.3. The molecule has 0 radical (unpaired) electrons. The standard InChI is InChI=1S/C20H20ClN3O2S/c21-15-4-5-18-19(11-15)22-13-23-20(18)24-16-3-1-2-14(10-16)12-27(25)17-6-8-26-9-7-17/h1-5,10-11,13,17H,6-9,12H2,(H,22,23,24). The number of hydrogen-bond donors (Lipinski definition) is 1. The molecule has 1 atom stereocenters. The molecule has 1 aliphatic rings. The van der Waals surface area contributed by atoms with Crippen LogP contribution in [0.2, 0.25) is 5.02 Å². The van der Waals surface area contributed by atoms with Crippen molar-refractivity contribution in [3.8, 4) is 0 Å². The van der Waals surface area contributed by atoms with E-state index in [1.54, 1.807) is 0 Å². The summed E-state index contributed by atoms with van der Waals surface area (Å²) in [5.41, 5.74) is 2.74. The van der Waals surface area contributed by atoms with Gasteiger partial charge in [-0.25, -0.2) is 9.97 Å². The molecule has 0 aliphatic carbocycles. The summed E-state index contributed by atoms with van der Waals surface area (Å²) in [6, 6.07) is 13.5. The zero-order chi connectivity index (χ0) is 18.6. The molecule has 27 heavy (non-hydrogen) atoms. The Kier molecular flexibility index (Phi) is 5.66. The number of nitrogens with one attached hydrogen (secondary N) is 1. The summed E-state index contributed by atoms with van der Waals surface area (Å²) in [7, 11) is -0.885. The van der Waals surface area contributed by atoms with Gasteiger partial charge >= 0.3 is 0 Å². The summed E-state index contributed by atoms with van der Waals surface area (Å²) in [5.74, 6) is 1.28. The third-order valence-electron chi connectivity index (χ3n) is 4.64. The predicted octanol–water partition coefficient (Wildman–Crippen LogP) is 4.45. The number of aromatic nitrogens is 2. The van der Waals surface area contributed by atoms with Gasteiger partial charge in [-0.3, -0.25) is 4.21 Å². The van der Waals surface area contributed by atoms with Crippen molar-refractivity contribution < 1.29 is 8.95 Å². The lowest BCUT2D eigenvalue weighted by molar-refractivity contribution is 0.0992. The first-order valence-electron chi connectivity index (χ1n) is 8.90. The molecule has 1 aromatic heterocycles. The highest BCUT2D eigenvalue weighted by molar-refractivity contribution is 7.84. The number of rotatable bonds is 5. The van der Waals surface area contributed by atoms with Crippen molar-refractivity contribution in [1.29, 1.82) is 0 Å². The molecule has 1 fully saturated rings. The number of nitrogens with zero attached hydrogens (tertiary/aromatic N) is 2. The fourth-order valence-corrected chi connectivity index (χ4v) is 4.85. The lowest BCUT2D eigenvalue weighted by Crippen LogP contribution is -2.25. The summed E-state index contributed by atoms with van der Waals surface area (Å²) in [6.07, 6.45) is 3.27. The molecule has 5 nitrogen and oxygen atoms in total. The second-order valence-electron chi connectivity index (χ2n) is 6.55. The van der Waals surface area contributed by atoms with Gasteiger partial charge in [-0.2, -0.15) is 0 Å². The molecule has 140 valence electrons. The Hall–Kier alpha value is -2.02. The summed E-state index contributed by atoms with van der Waals surface area (Å²) >= 11 is 6.05. The Morgan fingerprint density at radius 3 is 2.85 bits per heavy atom. The number of fused-ring (bicyclic) bond motifs is 1. The number of halogens is 1. The van der Waals surface area contributed by atoms with Gasteiger partial charge in [0.25, 0.3) is 0 Å². The number of hydrogen-bond acceptors (Lipinski definition) is 5. The molecule has 4 rings (SSSR count). The van der Waals surface area contributed by atoms with Crippen molar-refractivity contribution >= 4 is 44.8 Å². The highest BCUT2D eigenvalue weighted by Crippen LogP contribution is 2.26. The minimum atomic E-state index is -0.885. The third kappa shape index (κ3) is 4.46. The largest absolute Gasteiger partial charge is 0.381 e. The number of ether oxygens (including phenoxy) is 1. The minimum absolute atomic E-state index is 0.228. The van der Waals surface area contributed by atoms with Crippen molar-refractivity contribution in [3.05, 3.63) is 59.4 Å². The van der Waals surface area contributed by atoms with Crippen LogP contribution < -0.4 is 5.32 Å². The molecule has 1 unspecified atom stereocenters. The van der Waals surface area contributed by atoms with E-state index < -0.39 is 10.8 Å². The van der Waals surface area contributed by atoms with E-state index in [0.717, 1.165) is 40.8 Å². The lowest BCUT2D eigenvalue weighted by Gasteiger charge is -2.21. The Balaban J connectivity index is 1.52. The Labute approximate surface area is 165 Å². The van der Waals surface area contributed by atoms with Crippen molar-refractivity contribution in [1.82, 2.24) is 9.97 Å². The first-order chi connectivity index (χ1) is 13.2. The second kappa shape index (κ2) is 8.33. The molecule has 1 N–H and O–H groups in total. The van der Waals surface area contributed by atoms with E-state index in [1.807, 2.05) is 42.5 Å². The van der Waals surface area contributed by atoms with E-state index in [0.29, 0.717) is 24.0 Å². The topological polar surface area (TPSA) is 64.1 Å². The van der Waals surface area contributed by atoms with Crippen LogP contribution in [-0.4, -0.2) is 32.6 Å². The molecule has 2 heterocycles. The van der Waals surface area contributed by atoms with Gasteiger partial charge in [0.05, 0.1) is 5.52 Å².